The molecule has 1 N–H and O–H groups in total. The average molecular weight is 273 g/mol. The summed E-state index contributed by atoms with van der Waals surface area (Å²) in [6, 6.07) is 0. The Morgan fingerprint density at radius 3 is 2.40 bits per heavy atom. The number of fused-ring (bicyclic) bond motifs is 2. The molecule has 2 aliphatic carbocycles. The van der Waals surface area contributed by atoms with E-state index >= 15 is 0 Å². The lowest BCUT2D eigenvalue weighted by Crippen LogP contribution is -2.15. The molecule has 2 aliphatic rings. The summed E-state index contributed by atoms with van der Waals surface area (Å²) < 4.78 is 0. The Morgan fingerprint density at radius 1 is 1.10 bits per heavy atom. The SMILES string of the molecule is CNCCCc1c(C)nc(C2CC3CCC2C3)nc1C. The Balaban J connectivity index is 1.77. The van der Waals surface area contributed by atoms with Crippen LogP contribution in [0.25, 0.3) is 0 Å². The Bertz CT molecular complexity index is 460. The molecule has 1 aromatic heterocycles. The normalized spacial score (nSPS) is 28.2. The number of rotatable bonds is 5. The van der Waals surface area contributed by atoms with Crippen LogP contribution in [0.2, 0.25) is 0 Å². The highest BCUT2D eigenvalue weighted by atomic mass is 14.9. The number of nitrogens with zero attached hydrogens (tertiary/aromatic N) is 2. The number of aryl methyl sites for hydroxylation is 2. The second kappa shape index (κ2) is 5.80. The predicted octanol–water partition coefficient (Wildman–Crippen LogP) is 3.15. The summed E-state index contributed by atoms with van der Waals surface area (Å²) in [5, 5.41) is 3.21. The van der Waals surface area contributed by atoms with Crippen molar-refractivity contribution in [1.82, 2.24) is 15.3 Å². The maximum atomic E-state index is 4.88. The van der Waals surface area contributed by atoms with Gasteiger partial charge in [0.1, 0.15) is 5.82 Å². The van der Waals surface area contributed by atoms with E-state index in [9.17, 15) is 0 Å². The summed E-state index contributed by atoms with van der Waals surface area (Å²) in [4.78, 5) is 9.76. The van der Waals surface area contributed by atoms with Crippen LogP contribution in [0.1, 0.15) is 60.8 Å². The zero-order chi connectivity index (χ0) is 14.1. The standard InChI is InChI=1S/C17H27N3/c1-11-15(5-4-8-18-3)12(2)20-17(19-11)16-10-13-6-7-14(16)9-13/h13-14,16,18H,4-10H2,1-3H3. The fraction of sp³-hybridized carbons (Fsp3) is 0.765. The average Bonchev–Trinajstić information content (AvgIpc) is 3.04. The summed E-state index contributed by atoms with van der Waals surface area (Å²) in [5.74, 6) is 3.63. The molecular formula is C17H27N3. The molecule has 0 aliphatic heterocycles. The summed E-state index contributed by atoms with van der Waals surface area (Å²) >= 11 is 0. The fourth-order valence-electron chi connectivity index (χ4n) is 4.30. The fourth-order valence-corrected chi connectivity index (χ4v) is 4.30. The van der Waals surface area contributed by atoms with Crippen LogP contribution in [0.3, 0.4) is 0 Å². The first kappa shape index (κ1) is 14.0. The lowest BCUT2D eigenvalue weighted by molar-refractivity contribution is 0.404. The maximum Gasteiger partial charge on any atom is 0.132 e. The van der Waals surface area contributed by atoms with Gasteiger partial charge in [-0.1, -0.05) is 6.42 Å². The molecule has 0 amide bonds. The molecule has 1 heterocycles. The van der Waals surface area contributed by atoms with Crippen molar-refractivity contribution < 1.29 is 0 Å². The van der Waals surface area contributed by atoms with Gasteiger partial charge in [-0.3, -0.25) is 0 Å². The summed E-state index contributed by atoms with van der Waals surface area (Å²) in [6.07, 6.45) is 7.87. The number of aromatic nitrogens is 2. The van der Waals surface area contributed by atoms with E-state index in [1.807, 2.05) is 7.05 Å². The Labute approximate surface area is 122 Å². The van der Waals surface area contributed by atoms with Crippen molar-refractivity contribution in [2.45, 2.75) is 58.3 Å². The first-order chi connectivity index (χ1) is 9.69. The van der Waals surface area contributed by atoms with Crippen LogP contribution in [-0.2, 0) is 6.42 Å². The van der Waals surface area contributed by atoms with E-state index < -0.39 is 0 Å². The molecule has 1 aromatic rings. The molecule has 3 heteroatoms. The molecule has 2 fully saturated rings. The Hall–Kier alpha value is -0.960. The molecule has 0 radical (unpaired) electrons. The Morgan fingerprint density at radius 2 is 1.85 bits per heavy atom. The third-order valence-corrected chi connectivity index (χ3v) is 5.36. The zero-order valence-corrected chi connectivity index (χ0v) is 13.1. The van der Waals surface area contributed by atoms with Crippen molar-refractivity contribution in [2.24, 2.45) is 11.8 Å². The predicted molar refractivity (Wildman–Crippen MR) is 81.9 cm³/mol. The van der Waals surface area contributed by atoms with Crippen molar-refractivity contribution in [3.05, 3.63) is 22.8 Å². The minimum Gasteiger partial charge on any atom is -0.320 e. The van der Waals surface area contributed by atoms with E-state index in [1.54, 1.807) is 0 Å². The molecule has 2 bridgehead atoms. The van der Waals surface area contributed by atoms with Gasteiger partial charge in [0.15, 0.2) is 0 Å². The Kier molecular flexibility index (Phi) is 4.06. The van der Waals surface area contributed by atoms with E-state index in [0.717, 1.165) is 37.0 Å². The summed E-state index contributed by atoms with van der Waals surface area (Å²) in [5.41, 5.74) is 3.80. The van der Waals surface area contributed by atoms with Crippen LogP contribution in [0, 0.1) is 25.7 Å². The van der Waals surface area contributed by atoms with Gasteiger partial charge in [0.25, 0.3) is 0 Å². The van der Waals surface area contributed by atoms with Crippen molar-refractivity contribution in [2.75, 3.05) is 13.6 Å². The molecule has 3 nitrogen and oxygen atoms in total. The van der Waals surface area contributed by atoms with Crippen LogP contribution < -0.4 is 5.32 Å². The minimum absolute atomic E-state index is 0.650. The minimum atomic E-state index is 0.650. The van der Waals surface area contributed by atoms with Gasteiger partial charge in [0, 0.05) is 17.3 Å². The molecule has 2 saturated carbocycles. The highest BCUT2D eigenvalue weighted by molar-refractivity contribution is 5.26. The number of hydrogen-bond donors (Lipinski definition) is 1. The maximum absolute atomic E-state index is 4.88. The highest BCUT2D eigenvalue weighted by Gasteiger charge is 2.41. The van der Waals surface area contributed by atoms with Gasteiger partial charge in [-0.15, -0.1) is 0 Å². The van der Waals surface area contributed by atoms with E-state index in [1.165, 1.54) is 42.6 Å². The second-order valence-corrected chi connectivity index (χ2v) is 6.72. The molecule has 0 saturated heterocycles. The van der Waals surface area contributed by atoms with Gasteiger partial charge in [0.2, 0.25) is 0 Å². The van der Waals surface area contributed by atoms with Gasteiger partial charge < -0.3 is 5.32 Å². The van der Waals surface area contributed by atoms with Crippen LogP contribution in [0.5, 0.6) is 0 Å². The first-order valence-corrected chi connectivity index (χ1v) is 8.17. The van der Waals surface area contributed by atoms with Gasteiger partial charge >= 0.3 is 0 Å². The molecule has 20 heavy (non-hydrogen) atoms. The summed E-state index contributed by atoms with van der Waals surface area (Å²) in [7, 11) is 2.01. The molecule has 3 atom stereocenters. The van der Waals surface area contributed by atoms with Crippen LogP contribution in [0.15, 0.2) is 0 Å². The molecule has 3 unspecified atom stereocenters. The van der Waals surface area contributed by atoms with E-state index in [4.69, 9.17) is 9.97 Å². The quantitative estimate of drug-likeness (QED) is 0.838. The molecule has 110 valence electrons. The second-order valence-electron chi connectivity index (χ2n) is 6.72. The van der Waals surface area contributed by atoms with Crippen LogP contribution in [-0.4, -0.2) is 23.6 Å². The van der Waals surface area contributed by atoms with Gasteiger partial charge in [-0.05, 0) is 76.9 Å². The van der Waals surface area contributed by atoms with Crippen LogP contribution >= 0.6 is 0 Å². The largest absolute Gasteiger partial charge is 0.320 e. The van der Waals surface area contributed by atoms with E-state index in [0.29, 0.717) is 5.92 Å². The molecular weight excluding hydrogens is 246 g/mol. The smallest absolute Gasteiger partial charge is 0.132 e. The van der Waals surface area contributed by atoms with Gasteiger partial charge in [-0.25, -0.2) is 9.97 Å². The zero-order valence-electron chi connectivity index (χ0n) is 13.1. The molecule has 0 spiro atoms. The summed E-state index contributed by atoms with van der Waals surface area (Å²) in [6.45, 7) is 5.40. The monoisotopic (exact) mass is 273 g/mol. The van der Waals surface area contributed by atoms with Crippen molar-refractivity contribution in [3.63, 3.8) is 0 Å². The third kappa shape index (κ3) is 2.60. The van der Waals surface area contributed by atoms with Crippen LogP contribution in [0.4, 0.5) is 0 Å². The third-order valence-electron chi connectivity index (χ3n) is 5.36. The van der Waals surface area contributed by atoms with E-state index in [-0.39, 0.29) is 0 Å². The highest BCUT2D eigenvalue weighted by Crippen LogP contribution is 2.52. The lowest BCUT2D eigenvalue weighted by atomic mass is 9.88. The van der Waals surface area contributed by atoms with Gasteiger partial charge in [-0.2, -0.15) is 0 Å². The number of hydrogen-bond acceptors (Lipinski definition) is 3. The van der Waals surface area contributed by atoms with Crippen molar-refractivity contribution in [3.8, 4) is 0 Å². The number of nitrogens with one attached hydrogen (secondary N) is 1. The van der Waals surface area contributed by atoms with Crippen molar-refractivity contribution in [1.29, 1.82) is 0 Å². The lowest BCUT2D eigenvalue weighted by Gasteiger charge is -2.22. The first-order valence-electron chi connectivity index (χ1n) is 8.17. The molecule has 3 rings (SSSR count). The van der Waals surface area contributed by atoms with Crippen molar-refractivity contribution >= 4 is 0 Å². The van der Waals surface area contributed by atoms with E-state index in [2.05, 4.69) is 19.2 Å². The van der Waals surface area contributed by atoms with Gasteiger partial charge in [0.05, 0.1) is 0 Å². The topological polar surface area (TPSA) is 37.8 Å². The molecule has 0 aromatic carbocycles.